The number of carbonyl (C=O) groups is 1. The summed E-state index contributed by atoms with van der Waals surface area (Å²) in [6, 6.07) is 12.1. The Morgan fingerprint density at radius 2 is 2.12 bits per heavy atom. The van der Waals surface area contributed by atoms with E-state index in [2.05, 4.69) is 23.6 Å². The SMILES string of the molecule is CCCCN(Cc1cccn1Cc1cccc(OC)c1)C(=O)[C@@H](C)Cl. The number of halogens is 1. The molecule has 1 amide bonds. The molecule has 1 atom stereocenters. The number of ether oxygens (including phenoxy) is 1. The number of alkyl halides is 1. The predicted octanol–water partition coefficient (Wildman–Crippen LogP) is 4.30. The van der Waals surface area contributed by atoms with Crippen LogP contribution in [0, 0.1) is 0 Å². The van der Waals surface area contributed by atoms with E-state index in [1.54, 1.807) is 14.0 Å². The van der Waals surface area contributed by atoms with Crippen LogP contribution in [0.2, 0.25) is 0 Å². The van der Waals surface area contributed by atoms with Gasteiger partial charge in [-0.3, -0.25) is 4.79 Å². The monoisotopic (exact) mass is 362 g/mol. The highest BCUT2D eigenvalue weighted by Crippen LogP contribution is 2.16. The first-order valence-electron chi connectivity index (χ1n) is 8.75. The van der Waals surface area contributed by atoms with Crippen LogP contribution >= 0.6 is 11.6 Å². The van der Waals surface area contributed by atoms with E-state index in [4.69, 9.17) is 16.3 Å². The topological polar surface area (TPSA) is 34.5 Å². The lowest BCUT2D eigenvalue weighted by Gasteiger charge is -2.24. The van der Waals surface area contributed by atoms with E-state index in [0.29, 0.717) is 6.54 Å². The lowest BCUT2D eigenvalue weighted by molar-refractivity contribution is -0.131. The quantitative estimate of drug-likeness (QED) is 0.623. The molecule has 1 heterocycles. The number of benzene rings is 1. The molecule has 0 fully saturated rings. The number of aromatic nitrogens is 1. The molecule has 0 N–H and O–H groups in total. The molecule has 136 valence electrons. The minimum absolute atomic E-state index is 0.00996. The van der Waals surface area contributed by atoms with Crippen LogP contribution in [-0.2, 0) is 17.9 Å². The third-order valence-electron chi connectivity index (χ3n) is 4.20. The molecular weight excluding hydrogens is 336 g/mol. The van der Waals surface area contributed by atoms with Crippen molar-refractivity contribution in [3.63, 3.8) is 0 Å². The molecule has 5 heteroatoms. The highest BCUT2D eigenvalue weighted by Gasteiger charge is 2.19. The summed E-state index contributed by atoms with van der Waals surface area (Å²) in [6.45, 7) is 5.91. The highest BCUT2D eigenvalue weighted by atomic mass is 35.5. The van der Waals surface area contributed by atoms with Crippen molar-refractivity contribution in [1.82, 2.24) is 9.47 Å². The molecule has 0 radical (unpaired) electrons. The number of unbranched alkanes of at least 4 members (excludes halogenated alkanes) is 1. The minimum Gasteiger partial charge on any atom is -0.497 e. The van der Waals surface area contributed by atoms with Gasteiger partial charge in [0.05, 0.1) is 13.7 Å². The number of carbonyl (C=O) groups excluding carboxylic acids is 1. The molecule has 0 aliphatic rings. The Hall–Kier alpha value is -1.94. The Morgan fingerprint density at radius 3 is 2.80 bits per heavy atom. The molecule has 0 unspecified atom stereocenters. The van der Waals surface area contributed by atoms with Crippen LogP contribution in [0.1, 0.15) is 37.9 Å². The zero-order valence-electron chi connectivity index (χ0n) is 15.2. The Kier molecular flexibility index (Phi) is 7.38. The average molecular weight is 363 g/mol. The Labute approximate surface area is 155 Å². The first kappa shape index (κ1) is 19.4. The van der Waals surface area contributed by atoms with Crippen molar-refractivity contribution in [2.45, 2.75) is 45.2 Å². The van der Waals surface area contributed by atoms with E-state index in [1.807, 2.05) is 35.4 Å². The van der Waals surface area contributed by atoms with E-state index in [9.17, 15) is 4.79 Å². The largest absolute Gasteiger partial charge is 0.497 e. The predicted molar refractivity (Wildman–Crippen MR) is 102 cm³/mol. The third kappa shape index (κ3) is 5.53. The van der Waals surface area contributed by atoms with Crippen LogP contribution in [0.3, 0.4) is 0 Å². The van der Waals surface area contributed by atoms with Crippen molar-refractivity contribution in [3.05, 3.63) is 53.9 Å². The molecule has 1 aromatic carbocycles. The summed E-state index contributed by atoms with van der Waals surface area (Å²) in [7, 11) is 1.67. The summed E-state index contributed by atoms with van der Waals surface area (Å²) in [5.41, 5.74) is 2.26. The fourth-order valence-electron chi connectivity index (χ4n) is 2.78. The van der Waals surface area contributed by atoms with Crippen molar-refractivity contribution in [2.75, 3.05) is 13.7 Å². The first-order chi connectivity index (χ1) is 12.0. The van der Waals surface area contributed by atoms with Gasteiger partial charge in [-0.2, -0.15) is 0 Å². The van der Waals surface area contributed by atoms with Crippen molar-refractivity contribution < 1.29 is 9.53 Å². The molecule has 4 nitrogen and oxygen atoms in total. The summed E-state index contributed by atoms with van der Waals surface area (Å²) in [6.07, 6.45) is 4.07. The lowest BCUT2D eigenvalue weighted by Crippen LogP contribution is -2.36. The molecule has 25 heavy (non-hydrogen) atoms. The van der Waals surface area contributed by atoms with E-state index < -0.39 is 5.38 Å². The summed E-state index contributed by atoms with van der Waals surface area (Å²) >= 11 is 6.03. The summed E-state index contributed by atoms with van der Waals surface area (Å²) < 4.78 is 7.46. The van der Waals surface area contributed by atoms with Gasteiger partial charge in [-0.25, -0.2) is 0 Å². The summed E-state index contributed by atoms with van der Waals surface area (Å²) in [5, 5.41) is -0.501. The van der Waals surface area contributed by atoms with Crippen LogP contribution in [0.4, 0.5) is 0 Å². The van der Waals surface area contributed by atoms with Crippen LogP contribution in [0.25, 0.3) is 0 Å². The second-order valence-corrected chi connectivity index (χ2v) is 6.86. The van der Waals surface area contributed by atoms with E-state index in [-0.39, 0.29) is 5.91 Å². The third-order valence-corrected chi connectivity index (χ3v) is 4.38. The Morgan fingerprint density at radius 1 is 1.32 bits per heavy atom. The molecule has 2 aromatic rings. The van der Waals surface area contributed by atoms with Gasteiger partial charge < -0.3 is 14.2 Å². The number of amides is 1. The molecule has 0 aliphatic heterocycles. The van der Waals surface area contributed by atoms with Gasteiger partial charge in [-0.1, -0.05) is 25.5 Å². The maximum absolute atomic E-state index is 12.4. The highest BCUT2D eigenvalue weighted by molar-refractivity contribution is 6.30. The standard InChI is InChI=1S/C20H27ClN2O2/c1-4-5-11-23(20(24)16(2)21)15-18-9-7-12-22(18)14-17-8-6-10-19(13-17)25-3/h6-10,12-13,16H,4-5,11,14-15H2,1-3H3/t16-/m1/s1. The van der Waals surface area contributed by atoms with Crippen LogP contribution < -0.4 is 4.74 Å². The van der Waals surface area contributed by atoms with Gasteiger partial charge in [0, 0.05) is 25.0 Å². The van der Waals surface area contributed by atoms with Gasteiger partial charge in [-0.05, 0) is 43.2 Å². The van der Waals surface area contributed by atoms with Gasteiger partial charge in [0.2, 0.25) is 5.91 Å². The number of nitrogens with zero attached hydrogens (tertiary/aromatic N) is 2. The van der Waals surface area contributed by atoms with Gasteiger partial charge in [0.15, 0.2) is 0 Å². The molecule has 2 rings (SSSR count). The first-order valence-corrected chi connectivity index (χ1v) is 9.18. The van der Waals surface area contributed by atoms with Gasteiger partial charge in [0.1, 0.15) is 11.1 Å². The number of rotatable bonds is 9. The van der Waals surface area contributed by atoms with Crippen molar-refractivity contribution >= 4 is 17.5 Å². The van der Waals surface area contributed by atoms with Gasteiger partial charge in [0.25, 0.3) is 0 Å². The number of hydrogen-bond acceptors (Lipinski definition) is 2. The molecule has 1 aromatic heterocycles. The van der Waals surface area contributed by atoms with Gasteiger partial charge in [-0.15, -0.1) is 11.6 Å². The summed E-state index contributed by atoms with van der Waals surface area (Å²) in [4.78, 5) is 14.3. The van der Waals surface area contributed by atoms with E-state index >= 15 is 0 Å². The maximum Gasteiger partial charge on any atom is 0.240 e. The average Bonchev–Trinajstić information content (AvgIpc) is 3.04. The van der Waals surface area contributed by atoms with E-state index in [0.717, 1.165) is 42.9 Å². The minimum atomic E-state index is -0.501. The number of hydrogen-bond donors (Lipinski definition) is 0. The van der Waals surface area contributed by atoms with Gasteiger partial charge >= 0.3 is 0 Å². The Balaban J connectivity index is 2.14. The Bertz CT molecular complexity index is 682. The zero-order valence-corrected chi connectivity index (χ0v) is 16.0. The fraction of sp³-hybridized carbons (Fsp3) is 0.450. The van der Waals surface area contributed by atoms with Crippen LogP contribution in [0.15, 0.2) is 42.6 Å². The molecule has 0 spiro atoms. The molecule has 0 bridgehead atoms. The normalized spacial score (nSPS) is 12.0. The van der Waals surface area contributed by atoms with Crippen molar-refractivity contribution in [2.24, 2.45) is 0 Å². The molecular formula is C20H27ClN2O2. The fourth-order valence-corrected chi connectivity index (χ4v) is 2.92. The van der Waals surface area contributed by atoms with Crippen LogP contribution in [0.5, 0.6) is 5.75 Å². The number of methoxy groups -OCH3 is 1. The second kappa shape index (κ2) is 9.52. The van der Waals surface area contributed by atoms with E-state index in [1.165, 1.54) is 0 Å². The lowest BCUT2D eigenvalue weighted by atomic mass is 10.2. The molecule has 0 saturated heterocycles. The van der Waals surface area contributed by atoms with Crippen LogP contribution in [-0.4, -0.2) is 34.4 Å². The zero-order chi connectivity index (χ0) is 18.2. The summed E-state index contributed by atoms with van der Waals surface area (Å²) in [5.74, 6) is 0.839. The maximum atomic E-state index is 12.4. The molecule has 0 aliphatic carbocycles. The second-order valence-electron chi connectivity index (χ2n) is 6.21. The van der Waals surface area contributed by atoms with Crippen molar-refractivity contribution in [1.29, 1.82) is 0 Å². The van der Waals surface area contributed by atoms with Crippen molar-refractivity contribution in [3.8, 4) is 5.75 Å². The smallest absolute Gasteiger partial charge is 0.240 e. The molecule has 0 saturated carbocycles.